The Labute approximate surface area is 82.7 Å². The van der Waals surface area contributed by atoms with Gasteiger partial charge in [-0.25, -0.2) is 0 Å². The van der Waals surface area contributed by atoms with Gasteiger partial charge in [0.25, 0.3) is 5.69 Å². The number of hydrogen-bond donors (Lipinski definition) is 0. The van der Waals surface area contributed by atoms with E-state index in [2.05, 4.69) is 0 Å². The highest BCUT2D eigenvalue weighted by Crippen LogP contribution is 2.35. The molecule has 15 heavy (non-hydrogen) atoms. The van der Waals surface area contributed by atoms with Crippen molar-refractivity contribution in [2.45, 2.75) is 6.18 Å². The summed E-state index contributed by atoms with van der Waals surface area (Å²) in [6, 6.07) is 2.59. The number of nitrogens with zero attached hydrogens (tertiary/aromatic N) is 1. The molecule has 1 aromatic rings. The van der Waals surface area contributed by atoms with E-state index in [0.717, 1.165) is 12.1 Å². The average Bonchev–Trinajstić information content (AvgIpc) is 2.15. The summed E-state index contributed by atoms with van der Waals surface area (Å²) in [4.78, 5) is 9.46. The highest BCUT2D eigenvalue weighted by atomic mass is 19.4. The summed E-state index contributed by atoms with van der Waals surface area (Å²) >= 11 is 0. The minimum Gasteiger partial charge on any atom is -0.258 e. The molecule has 0 N–H and O–H groups in total. The lowest BCUT2D eigenvalue weighted by Crippen LogP contribution is -2.09. The molecule has 0 fully saturated rings. The normalized spacial score (nSPS) is 10.8. The summed E-state index contributed by atoms with van der Waals surface area (Å²) in [5.74, 6) is 1.69. The molecule has 0 aliphatic carbocycles. The van der Waals surface area contributed by atoms with Gasteiger partial charge in [0.1, 0.15) is 5.56 Å². The number of nitro groups is 1. The third kappa shape index (κ3) is 2.07. The van der Waals surface area contributed by atoms with Crippen molar-refractivity contribution < 1.29 is 18.1 Å². The second-order valence-corrected chi connectivity index (χ2v) is 2.60. The van der Waals surface area contributed by atoms with Crippen LogP contribution in [0.5, 0.6) is 0 Å². The first-order valence-corrected chi connectivity index (χ1v) is 3.69. The van der Waals surface area contributed by atoms with Gasteiger partial charge in [-0.2, -0.15) is 13.2 Å². The molecule has 0 aliphatic heterocycles. The first kappa shape index (κ1) is 11.0. The van der Waals surface area contributed by atoms with E-state index in [0.29, 0.717) is 6.07 Å². The summed E-state index contributed by atoms with van der Waals surface area (Å²) in [7, 11) is 0. The summed E-state index contributed by atoms with van der Waals surface area (Å²) in [5, 5.41) is 10.4. The SMILES string of the molecule is C#Cc1c([N+](=O)[O-])cccc1C(F)(F)F. The number of hydrogen-bond acceptors (Lipinski definition) is 2. The van der Waals surface area contributed by atoms with Crippen molar-refractivity contribution in [3.8, 4) is 12.3 Å². The molecule has 0 saturated heterocycles. The van der Waals surface area contributed by atoms with Crippen LogP contribution >= 0.6 is 0 Å². The molecule has 0 aliphatic rings. The summed E-state index contributed by atoms with van der Waals surface area (Å²) in [6.45, 7) is 0. The Bertz CT molecular complexity index is 446. The highest BCUT2D eigenvalue weighted by molar-refractivity contribution is 5.55. The van der Waals surface area contributed by atoms with E-state index in [4.69, 9.17) is 6.42 Å². The van der Waals surface area contributed by atoms with Crippen molar-refractivity contribution in [1.82, 2.24) is 0 Å². The molecule has 6 heteroatoms. The third-order valence-electron chi connectivity index (χ3n) is 1.69. The predicted octanol–water partition coefficient (Wildman–Crippen LogP) is 2.59. The van der Waals surface area contributed by atoms with Gasteiger partial charge in [-0.15, -0.1) is 6.42 Å². The molecule has 0 aromatic heterocycles. The van der Waals surface area contributed by atoms with E-state index in [1.165, 1.54) is 0 Å². The van der Waals surface area contributed by atoms with Gasteiger partial charge in [-0.1, -0.05) is 12.0 Å². The van der Waals surface area contributed by atoms with Gasteiger partial charge >= 0.3 is 6.18 Å². The minimum absolute atomic E-state index is 0.711. The van der Waals surface area contributed by atoms with Crippen molar-refractivity contribution in [3.63, 3.8) is 0 Å². The largest absolute Gasteiger partial charge is 0.417 e. The molecule has 1 aromatic carbocycles. The maximum absolute atomic E-state index is 12.4. The number of alkyl halides is 3. The van der Waals surface area contributed by atoms with Crippen molar-refractivity contribution in [2.75, 3.05) is 0 Å². The number of rotatable bonds is 1. The Morgan fingerprint density at radius 3 is 2.40 bits per heavy atom. The molecule has 0 bridgehead atoms. The Morgan fingerprint density at radius 1 is 1.40 bits per heavy atom. The molecule has 0 spiro atoms. The van der Waals surface area contributed by atoms with Crippen LogP contribution < -0.4 is 0 Å². The van der Waals surface area contributed by atoms with Gasteiger partial charge in [0.05, 0.1) is 10.5 Å². The van der Waals surface area contributed by atoms with Crippen LogP contribution in [0.2, 0.25) is 0 Å². The molecule has 0 unspecified atom stereocenters. The van der Waals surface area contributed by atoms with Crippen LogP contribution in [-0.4, -0.2) is 4.92 Å². The molecule has 0 radical (unpaired) electrons. The lowest BCUT2D eigenvalue weighted by Gasteiger charge is -2.08. The minimum atomic E-state index is -4.69. The molecule has 0 amide bonds. The summed E-state index contributed by atoms with van der Waals surface area (Å²) in [5.41, 5.74) is -2.62. The van der Waals surface area contributed by atoms with Gasteiger partial charge in [0.2, 0.25) is 0 Å². The van der Waals surface area contributed by atoms with Crippen LogP contribution in [0.15, 0.2) is 18.2 Å². The zero-order chi connectivity index (χ0) is 11.6. The van der Waals surface area contributed by atoms with E-state index < -0.39 is 27.9 Å². The van der Waals surface area contributed by atoms with E-state index in [1.54, 1.807) is 5.92 Å². The second kappa shape index (κ2) is 3.61. The van der Waals surface area contributed by atoms with Crippen LogP contribution in [0, 0.1) is 22.5 Å². The van der Waals surface area contributed by atoms with Gasteiger partial charge in [0, 0.05) is 6.07 Å². The Kier molecular flexibility index (Phi) is 2.66. The van der Waals surface area contributed by atoms with E-state index >= 15 is 0 Å². The van der Waals surface area contributed by atoms with Crippen LogP contribution in [0.3, 0.4) is 0 Å². The Morgan fingerprint density at radius 2 is 2.00 bits per heavy atom. The molecule has 0 atom stereocenters. The van der Waals surface area contributed by atoms with Crippen LogP contribution in [-0.2, 0) is 6.18 Å². The smallest absolute Gasteiger partial charge is 0.258 e. The van der Waals surface area contributed by atoms with Crippen LogP contribution in [0.4, 0.5) is 18.9 Å². The van der Waals surface area contributed by atoms with Gasteiger partial charge < -0.3 is 0 Å². The maximum Gasteiger partial charge on any atom is 0.417 e. The number of terminal acetylenes is 1. The summed E-state index contributed by atoms with van der Waals surface area (Å²) < 4.78 is 37.1. The molecular formula is C9H4F3NO2. The predicted molar refractivity (Wildman–Crippen MR) is 46.0 cm³/mol. The van der Waals surface area contributed by atoms with Crippen LogP contribution in [0.1, 0.15) is 11.1 Å². The van der Waals surface area contributed by atoms with Crippen molar-refractivity contribution in [3.05, 3.63) is 39.4 Å². The lowest BCUT2D eigenvalue weighted by atomic mass is 10.1. The number of halogens is 3. The highest BCUT2D eigenvalue weighted by Gasteiger charge is 2.35. The second-order valence-electron chi connectivity index (χ2n) is 2.60. The monoisotopic (exact) mass is 215 g/mol. The maximum atomic E-state index is 12.4. The standard InChI is InChI=1S/C9H4F3NO2/c1-2-6-7(9(10,11)12)4-3-5-8(6)13(14)15/h1,3-5H. The molecule has 0 heterocycles. The van der Waals surface area contributed by atoms with Crippen molar-refractivity contribution >= 4 is 5.69 Å². The number of nitro benzene ring substituents is 1. The number of benzene rings is 1. The molecule has 78 valence electrons. The van der Waals surface area contributed by atoms with Crippen molar-refractivity contribution in [2.24, 2.45) is 0 Å². The van der Waals surface area contributed by atoms with E-state index in [1.807, 2.05) is 0 Å². The molecule has 1 rings (SSSR count). The van der Waals surface area contributed by atoms with Crippen LogP contribution in [0.25, 0.3) is 0 Å². The molecular weight excluding hydrogens is 211 g/mol. The van der Waals surface area contributed by atoms with E-state index in [-0.39, 0.29) is 0 Å². The fourth-order valence-electron chi connectivity index (χ4n) is 1.08. The lowest BCUT2D eigenvalue weighted by molar-refractivity contribution is -0.385. The van der Waals surface area contributed by atoms with E-state index in [9.17, 15) is 23.3 Å². The Balaban J connectivity index is 3.51. The first-order chi connectivity index (χ1) is 6.88. The van der Waals surface area contributed by atoms with Gasteiger partial charge in [-0.3, -0.25) is 10.1 Å². The zero-order valence-electron chi connectivity index (χ0n) is 7.21. The van der Waals surface area contributed by atoms with Gasteiger partial charge in [-0.05, 0) is 6.07 Å². The molecule has 0 saturated carbocycles. The fourth-order valence-corrected chi connectivity index (χ4v) is 1.08. The average molecular weight is 215 g/mol. The fraction of sp³-hybridized carbons (Fsp3) is 0.111. The van der Waals surface area contributed by atoms with Crippen molar-refractivity contribution in [1.29, 1.82) is 0 Å². The first-order valence-electron chi connectivity index (χ1n) is 3.69. The molecule has 3 nitrogen and oxygen atoms in total. The van der Waals surface area contributed by atoms with Gasteiger partial charge in [0.15, 0.2) is 0 Å². The third-order valence-corrected chi connectivity index (χ3v) is 1.69. The quantitative estimate of drug-likeness (QED) is 0.410. The summed E-state index contributed by atoms with van der Waals surface area (Å²) in [6.07, 6.45) is 0.145. The topological polar surface area (TPSA) is 43.1 Å². The zero-order valence-corrected chi connectivity index (χ0v) is 7.21. The Hall–Kier alpha value is -2.03.